The van der Waals surface area contributed by atoms with Gasteiger partial charge in [0.2, 0.25) is 0 Å². The molecular weight excluding hydrogens is 160 g/mol. The van der Waals surface area contributed by atoms with Crippen LogP contribution in [0.1, 0.15) is 31.0 Å². The molecule has 0 aromatic carbocycles. The second-order valence-electron chi connectivity index (χ2n) is 3.24. The van der Waals surface area contributed by atoms with Gasteiger partial charge in [-0.2, -0.15) is 0 Å². The second kappa shape index (κ2) is 5.70. The van der Waals surface area contributed by atoms with Crippen LogP contribution < -0.4 is 5.32 Å². The molecule has 1 N–H and O–H groups in total. The van der Waals surface area contributed by atoms with Crippen LogP contribution in [0.5, 0.6) is 0 Å². The number of unbranched alkanes of at least 4 members (excludes halogenated alkanes) is 1. The maximum atomic E-state index is 4.36. The molecule has 2 nitrogen and oxygen atoms in total. The first-order valence-electron chi connectivity index (χ1n) is 4.95. The molecule has 1 aromatic rings. The second-order valence-corrected chi connectivity index (χ2v) is 3.24. The summed E-state index contributed by atoms with van der Waals surface area (Å²) in [6, 6.07) is 4.19. The van der Waals surface area contributed by atoms with Gasteiger partial charge in [-0.05, 0) is 31.5 Å². The Morgan fingerprint density at radius 2 is 2.31 bits per heavy atom. The molecular formula is C11H18N2. The SMILES string of the molecule is CCCCc1cccnc1CNC. The van der Waals surface area contributed by atoms with Crippen LogP contribution in [0.25, 0.3) is 0 Å². The Balaban J connectivity index is 2.66. The van der Waals surface area contributed by atoms with Gasteiger partial charge in [0.15, 0.2) is 0 Å². The third-order valence-corrected chi connectivity index (χ3v) is 2.13. The molecule has 2 heteroatoms. The van der Waals surface area contributed by atoms with Gasteiger partial charge in [0, 0.05) is 12.7 Å². The Hall–Kier alpha value is -0.890. The van der Waals surface area contributed by atoms with E-state index in [0.29, 0.717) is 0 Å². The Kier molecular flexibility index (Phi) is 4.47. The first kappa shape index (κ1) is 10.2. The highest BCUT2D eigenvalue weighted by atomic mass is 14.8. The Morgan fingerprint density at radius 3 is 3.00 bits per heavy atom. The van der Waals surface area contributed by atoms with Crippen molar-refractivity contribution in [1.29, 1.82) is 0 Å². The van der Waals surface area contributed by atoms with Crippen LogP contribution in [0.3, 0.4) is 0 Å². The van der Waals surface area contributed by atoms with Crippen molar-refractivity contribution in [3.05, 3.63) is 29.6 Å². The van der Waals surface area contributed by atoms with E-state index in [9.17, 15) is 0 Å². The number of aromatic nitrogens is 1. The predicted molar refractivity (Wildman–Crippen MR) is 55.6 cm³/mol. The topological polar surface area (TPSA) is 24.9 Å². The minimum absolute atomic E-state index is 0.875. The first-order valence-corrected chi connectivity index (χ1v) is 4.95. The van der Waals surface area contributed by atoms with Crippen LogP contribution in [0.2, 0.25) is 0 Å². The summed E-state index contributed by atoms with van der Waals surface area (Å²) < 4.78 is 0. The number of nitrogens with zero attached hydrogens (tertiary/aromatic N) is 1. The van der Waals surface area contributed by atoms with Crippen LogP contribution in [-0.2, 0) is 13.0 Å². The molecule has 0 amide bonds. The van der Waals surface area contributed by atoms with E-state index in [1.54, 1.807) is 0 Å². The van der Waals surface area contributed by atoms with Crippen molar-refractivity contribution in [2.24, 2.45) is 0 Å². The minimum atomic E-state index is 0.875. The number of hydrogen-bond acceptors (Lipinski definition) is 2. The summed E-state index contributed by atoms with van der Waals surface area (Å²) in [5.74, 6) is 0. The zero-order valence-corrected chi connectivity index (χ0v) is 8.51. The van der Waals surface area contributed by atoms with Gasteiger partial charge in [-0.15, -0.1) is 0 Å². The van der Waals surface area contributed by atoms with E-state index < -0.39 is 0 Å². The van der Waals surface area contributed by atoms with Crippen LogP contribution >= 0.6 is 0 Å². The van der Waals surface area contributed by atoms with Crippen molar-refractivity contribution < 1.29 is 0 Å². The summed E-state index contributed by atoms with van der Waals surface area (Å²) in [6.45, 7) is 3.09. The van der Waals surface area contributed by atoms with Gasteiger partial charge < -0.3 is 5.32 Å². The zero-order chi connectivity index (χ0) is 9.52. The molecule has 0 atom stereocenters. The standard InChI is InChI=1S/C11H18N2/c1-3-4-6-10-7-5-8-13-11(10)9-12-2/h5,7-8,12H,3-4,6,9H2,1-2H3. The normalized spacial score (nSPS) is 10.3. The van der Waals surface area contributed by atoms with Crippen LogP contribution in [0.4, 0.5) is 0 Å². The molecule has 1 aromatic heterocycles. The average Bonchev–Trinajstić information content (AvgIpc) is 2.17. The van der Waals surface area contributed by atoms with Gasteiger partial charge in [-0.1, -0.05) is 19.4 Å². The van der Waals surface area contributed by atoms with Crippen LogP contribution in [0.15, 0.2) is 18.3 Å². The van der Waals surface area contributed by atoms with Gasteiger partial charge >= 0.3 is 0 Å². The largest absolute Gasteiger partial charge is 0.314 e. The van der Waals surface area contributed by atoms with E-state index in [0.717, 1.165) is 13.0 Å². The van der Waals surface area contributed by atoms with Gasteiger partial charge in [0.05, 0.1) is 5.69 Å². The van der Waals surface area contributed by atoms with Crippen molar-refractivity contribution in [2.75, 3.05) is 7.05 Å². The summed E-state index contributed by atoms with van der Waals surface area (Å²) >= 11 is 0. The Labute approximate surface area is 80.4 Å². The number of pyridine rings is 1. The maximum Gasteiger partial charge on any atom is 0.0573 e. The fraction of sp³-hybridized carbons (Fsp3) is 0.545. The van der Waals surface area contributed by atoms with Crippen LogP contribution in [-0.4, -0.2) is 12.0 Å². The van der Waals surface area contributed by atoms with E-state index in [-0.39, 0.29) is 0 Å². The summed E-state index contributed by atoms with van der Waals surface area (Å²) in [4.78, 5) is 4.36. The summed E-state index contributed by atoms with van der Waals surface area (Å²) in [6.07, 6.45) is 5.51. The van der Waals surface area contributed by atoms with Crippen molar-refractivity contribution in [3.63, 3.8) is 0 Å². The fourth-order valence-electron chi connectivity index (χ4n) is 1.39. The Bertz CT molecular complexity index is 246. The van der Waals surface area contributed by atoms with Crippen molar-refractivity contribution >= 4 is 0 Å². The highest BCUT2D eigenvalue weighted by Gasteiger charge is 2.00. The molecule has 0 spiro atoms. The molecule has 0 saturated heterocycles. The van der Waals surface area contributed by atoms with E-state index in [1.165, 1.54) is 24.1 Å². The lowest BCUT2D eigenvalue weighted by atomic mass is 10.1. The lowest BCUT2D eigenvalue weighted by Gasteiger charge is -2.06. The van der Waals surface area contributed by atoms with E-state index >= 15 is 0 Å². The average molecular weight is 178 g/mol. The summed E-state index contributed by atoms with van der Waals surface area (Å²) in [7, 11) is 1.96. The molecule has 0 saturated carbocycles. The summed E-state index contributed by atoms with van der Waals surface area (Å²) in [5, 5.41) is 3.14. The lowest BCUT2D eigenvalue weighted by Crippen LogP contribution is -2.09. The third-order valence-electron chi connectivity index (χ3n) is 2.13. The molecule has 72 valence electrons. The monoisotopic (exact) mass is 178 g/mol. The third kappa shape index (κ3) is 3.15. The highest BCUT2D eigenvalue weighted by molar-refractivity contribution is 5.19. The summed E-state index contributed by atoms with van der Waals surface area (Å²) in [5.41, 5.74) is 2.58. The molecule has 0 fully saturated rings. The molecule has 0 unspecified atom stereocenters. The van der Waals surface area contributed by atoms with E-state index in [4.69, 9.17) is 0 Å². The molecule has 13 heavy (non-hydrogen) atoms. The van der Waals surface area contributed by atoms with Crippen molar-refractivity contribution in [2.45, 2.75) is 32.7 Å². The molecule has 0 aliphatic carbocycles. The molecule has 0 bridgehead atoms. The maximum absolute atomic E-state index is 4.36. The van der Waals surface area contributed by atoms with Gasteiger partial charge in [-0.25, -0.2) is 0 Å². The minimum Gasteiger partial charge on any atom is -0.314 e. The molecule has 0 radical (unpaired) electrons. The highest BCUT2D eigenvalue weighted by Crippen LogP contribution is 2.08. The fourth-order valence-corrected chi connectivity index (χ4v) is 1.39. The molecule has 0 aliphatic rings. The van der Waals surface area contributed by atoms with Crippen molar-refractivity contribution in [3.8, 4) is 0 Å². The predicted octanol–water partition coefficient (Wildman–Crippen LogP) is 2.14. The Morgan fingerprint density at radius 1 is 1.46 bits per heavy atom. The smallest absolute Gasteiger partial charge is 0.0573 e. The molecule has 1 rings (SSSR count). The lowest BCUT2D eigenvalue weighted by molar-refractivity contribution is 0.742. The van der Waals surface area contributed by atoms with Crippen LogP contribution in [0, 0.1) is 0 Å². The number of hydrogen-bond donors (Lipinski definition) is 1. The van der Waals surface area contributed by atoms with E-state index in [2.05, 4.69) is 23.3 Å². The van der Waals surface area contributed by atoms with Gasteiger partial charge in [0.25, 0.3) is 0 Å². The van der Waals surface area contributed by atoms with Crippen molar-refractivity contribution in [1.82, 2.24) is 10.3 Å². The zero-order valence-electron chi connectivity index (χ0n) is 8.51. The quantitative estimate of drug-likeness (QED) is 0.747. The number of nitrogens with one attached hydrogen (secondary N) is 1. The molecule has 1 heterocycles. The first-order chi connectivity index (χ1) is 6.38. The number of aryl methyl sites for hydroxylation is 1. The number of rotatable bonds is 5. The van der Waals surface area contributed by atoms with E-state index in [1.807, 2.05) is 19.3 Å². The van der Waals surface area contributed by atoms with Gasteiger partial charge in [-0.3, -0.25) is 4.98 Å². The van der Waals surface area contributed by atoms with Gasteiger partial charge in [0.1, 0.15) is 0 Å². The molecule has 0 aliphatic heterocycles.